The minimum absolute atomic E-state index is 0.0252. The molecule has 0 aliphatic heterocycles. The second-order valence-corrected chi connectivity index (χ2v) is 12.2. The van der Waals surface area contributed by atoms with E-state index >= 15 is 0 Å². The summed E-state index contributed by atoms with van der Waals surface area (Å²) >= 11 is 0. The quantitative estimate of drug-likeness (QED) is 0.214. The number of nitrogens with two attached hydrogens (primary N) is 1. The van der Waals surface area contributed by atoms with Gasteiger partial charge < -0.3 is 30.0 Å². The van der Waals surface area contributed by atoms with E-state index in [0.29, 0.717) is 12.3 Å². The molecule has 1 amide bonds. The molecule has 0 fully saturated rings. The molecular formula is C29H39N3O7S. The number of carbonyl (C=O) groups is 1. The number of methoxy groups -OCH3 is 1. The molecule has 0 aliphatic rings. The number of benzene rings is 2. The molecule has 0 aliphatic carbocycles. The first kappa shape index (κ1) is 31.2. The van der Waals surface area contributed by atoms with Gasteiger partial charge in [0.05, 0.1) is 36.5 Å². The van der Waals surface area contributed by atoms with E-state index in [4.69, 9.17) is 19.6 Å². The van der Waals surface area contributed by atoms with Crippen LogP contribution in [0.2, 0.25) is 0 Å². The van der Waals surface area contributed by atoms with Gasteiger partial charge in [-0.15, -0.1) is 0 Å². The lowest BCUT2D eigenvalue weighted by atomic mass is 9.79. The molecule has 5 N–H and O–H groups in total. The average Bonchev–Trinajstić information content (AvgIpc) is 3.44. The van der Waals surface area contributed by atoms with Crippen molar-refractivity contribution >= 4 is 16.1 Å². The zero-order valence-electron chi connectivity index (χ0n) is 23.1. The van der Waals surface area contributed by atoms with E-state index in [2.05, 4.69) is 10.0 Å². The zero-order valence-corrected chi connectivity index (χ0v) is 23.9. The van der Waals surface area contributed by atoms with Gasteiger partial charge in [0.2, 0.25) is 10.0 Å². The number of hydrogen-bond donors (Lipinski definition) is 4. The number of carbonyl (C=O) groups excluding carboxylic acids is 1. The SMILES string of the molecule is COc1ccc(S(=O)(=O)NC(CC(C)(C)CCCN)[C@H](O)[C@H](Cc2ccccc2)NC(=O)Oc2ccoc2)cc1. The Hall–Kier alpha value is -3.38. The van der Waals surface area contributed by atoms with E-state index < -0.39 is 34.3 Å². The number of amides is 1. The van der Waals surface area contributed by atoms with Crippen molar-refractivity contribution in [1.29, 1.82) is 0 Å². The number of nitrogens with one attached hydrogen (secondary N) is 2. The van der Waals surface area contributed by atoms with Crippen LogP contribution in [0.4, 0.5) is 4.79 Å². The standard InChI is InChI=1S/C29H39N3O7S/c1-29(2,15-7-16-30)19-26(32-40(35,36)24-12-10-22(37-3)11-13-24)27(33)25(18-21-8-5-4-6-9-21)31-28(34)39-23-14-17-38-20-23/h4-6,8-14,17,20,25-27,32-33H,7,15-16,18-19,30H2,1-3H3,(H,31,34)/t25-,26?,27+/m0/s1. The van der Waals surface area contributed by atoms with Gasteiger partial charge in [0, 0.05) is 6.07 Å². The molecule has 3 aromatic rings. The molecule has 1 unspecified atom stereocenters. The van der Waals surface area contributed by atoms with Gasteiger partial charge in [-0.3, -0.25) is 0 Å². The maximum atomic E-state index is 13.5. The molecule has 1 heterocycles. The van der Waals surface area contributed by atoms with E-state index in [-0.39, 0.29) is 28.9 Å². The molecule has 1 aromatic heterocycles. The highest BCUT2D eigenvalue weighted by Crippen LogP contribution is 2.31. The van der Waals surface area contributed by atoms with Crippen LogP contribution in [0.25, 0.3) is 0 Å². The second kappa shape index (κ2) is 14.3. The van der Waals surface area contributed by atoms with Gasteiger partial charge in [0.25, 0.3) is 0 Å². The molecule has 11 heteroatoms. The highest BCUT2D eigenvalue weighted by Gasteiger charge is 2.36. The summed E-state index contributed by atoms with van der Waals surface area (Å²) in [5.41, 5.74) is 6.20. The lowest BCUT2D eigenvalue weighted by molar-refractivity contribution is 0.0727. The summed E-state index contributed by atoms with van der Waals surface area (Å²) < 4.78 is 45.0. The maximum absolute atomic E-state index is 13.5. The fourth-order valence-electron chi connectivity index (χ4n) is 4.54. The van der Waals surface area contributed by atoms with Crippen molar-refractivity contribution in [2.24, 2.45) is 11.1 Å². The first-order valence-electron chi connectivity index (χ1n) is 13.1. The summed E-state index contributed by atoms with van der Waals surface area (Å²) in [6.45, 7) is 4.49. The summed E-state index contributed by atoms with van der Waals surface area (Å²) in [7, 11) is -2.55. The fraction of sp³-hybridized carbons (Fsp3) is 0.414. The minimum atomic E-state index is -4.04. The summed E-state index contributed by atoms with van der Waals surface area (Å²) in [5, 5.41) is 14.5. The Balaban J connectivity index is 1.92. The molecule has 0 bridgehead atoms. The van der Waals surface area contributed by atoms with Crippen LogP contribution in [0.5, 0.6) is 11.5 Å². The van der Waals surface area contributed by atoms with Crippen LogP contribution in [-0.2, 0) is 16.4 Å². The van der Waals surface area contributed by atoms with Crippen LogP contribution >= 0.6 is 0 Å². The summed E-state index contributed by atoms with van der Waals surface area (Å²) in [6, 6.07) is 14.9. The Labute approximate surface area is 235 Å². The molecule has 0 saturated carbocycles. The molecule has 3 atom stereocenters. The van der Waals surface area contributed by atoms with Gasteiger partial charge >= 0.3 is 6.09 Å². The topological polar surface area (TPSA) is 153 Å². The van der Waals surface area contributed by atoms with Crippen LogP contribution < -0.4 is 25.2 Å². The third kappa shape index (κ3) is 9.37. The molecule has 40 heavy (non-hydrogen) atoms. The molecule has 10 nitrogen and oxygen atoms in total. The Kier molecular flexibility index (Phi) is 11.1. The smallest absolute Gasteiger partial charge is 0.413 e. The van der Waals surface area contributed by atoms with Crippen LogP contribution in [0, 0.1) is 5.41 Å². The third-order valence-electron chi connectivity index (χ3n) is 6.64. The van der Waals surface area contributed by atoms with Crippen LogP contribution in [0.1, 0.15) is 38.7 Å². The van der Waals surface area contributed by atoms with E-state index in [0.717, 1.165) is 18.4 Å². The Morgan fingerprint density at radius 2 is 1.75 bits per heavy atom. The van der Waals surface area contributed by atoms with Gasteiger partial charge in [-0.05, 0) is 67.5 Å². The van der Waals surface area contributed by atoms with Crippen molar-refractivity contribution in [1.82, 2.24) is 10.0 Å². The van der Waals surface area contributed by atoms with Gasteiger partial charge in [0.1, 0.15) is 12.0 Å². The Morgan fingerprint density at radius 1 is 1.05 bits per heavy atom. The summed E-state index contributed by atoms with van der Waals surface area (Å²) in [5.74, 6) is 0.715. The van der Waals surface area contributed by atoms with E-state index in [1.807, 2.05) is 44.2 Å². The van der Waals surface area contributed by atoms with Crippen LogP contribution in [-0.4, -0.2) is 51.5 Å². The predicted octanol–water partition coefficient (Wildman–Crippen LogP) is 3.85. The molecule has 218 valence electrons. The van der Waals surface area contributed by atoms with Crippen molar-refractivity contribution in [3.63, 3.8) is 0 Å². The normalized spacial score (nSPS) is 14.2. The first-order chi connectivity index (χ1) is 19.0. The van der Waals surface area contributed by atoms with Crippen molar-refractivity contribution in [3.8, 4) is 11.5 Å². The average molecular weight is 574 g/mol. The number of ether oxygens (including phenoxy) is 2. The number of aliphatic hydroxyl groups excluding tert-OH is 1. The van der Waals surface area contributed by atoms with Crippen molar-refractivity contribution in [2.45, 2.75) is 62.6 Å². The Morgan fingerprint density at radius 3 is 2.35 bits per heavy atom. The molecule has 0 spiro atoms. The zero-order chi connectivity index (χ0) is 29.2. The van der Waals surface area contributed by atoms with Crippen molar-refractivity contribution in [2.75, 3.05) is 13.7 Å². The minimum Gasteiger partial charge on any atom is -0.497 e. The molecule has 0 radical (unpaired) electrons. The third-order valence-corrected chi connectivity index (χ3v) is 8.14. The lowest BCUT2D eigenvalue weighted by Gasteiger charge is -2.36. The fourth-order valence-corrected chi connectivity index (χ4v) is 5.79. The monoisotopic (exact) mass is 573 g/mol. The number of furan rings is 1. The molecule has 3 rings (SSSR count). The molecule has 0 saturated heterocycles. The van der Waals surface area contributed by atoms with Crippen molar-refractivity contribution < 1.29 is 32.2 Å². The van der Waals surface area contributed by atoms with Crippen LogP contribution in [0.3, 0.4) is 0 Å². The summed E-state index contributed by atoms with van der Waals surface area (Å²) in [4.78, 5) is 12.8. The van der Waals surface area contributed by atoms with Crippen molar-refractivity contribution in [3.05, 3.63) is 78.8 Å². The predicted molar refractivity (Wildman–Crippen MR) is 152 cm³/mol. The molecule has 2 aromatic carbocycles. The Bertz CT molecular complexity index is 1280. The highest BCUT2D eigenvalue weighted by molar-refractivity contribution is 7.89. The number of sulfonamides is 1. The van der Waals surface area contributed by atoms with E-state index in [1.165, 1.54) is 37.8 Å². The number of hydrogen-bond acceptors (Lipinski definition) is 8. The maximum Gasteiger partial charge on any atom is 0.413 e. The summed E-state index contributed by atoms with van der Waals surface area (Å²) in [6.07, 6.45) is 2.49. The first-order valence-corrected chi connectivity index (χ1v) is 14.6. The second-order valence-electron chi connectivity index (χ2n) is 10.4. The lowest BCUT2D eigenvalue weighted by Crippen LogP contribution is -2.56. The largest absolute Gasteiger partial charge is 0.497 e. The number of rotatable bonds is 15. The van der Waals surface area contributed by atoms with E-state index in [1.54, 1.807) is 12.1 Å². The van der Waals surface area contributed by atoms with E-state index in [9.17, 15) is 18.3 Å². The molecular weight excluding hydrogens is 534 g/mol. The van der Waals surface area contributed by atoms with Gasteiger partial charge in [-0.25, -0.2) is 17.9 Å². The van der Waals surface area contributed by atoms with Gasteiger partial charge in [-0.1, -0.05) is 44.2 Å². The van der Waals surface area contributed by atoms with Gasteiger partial charge in [0.15, 0.2) is 5.75 Å². The number of aliphatic hydroxyl groups is 1. The van der Waals surface area contributed by atoms with Gasteiger partial charge in [-0.2, -0.15) is 0 Å². The highest BCUT2D eigenvalue weighted by atomic mass is 32.2. The van der Waals surface area contributed by atoms with Crippen LogP contribution in [0.15, 0.2) is 82.5 Å².